The van der Waals surface area contributed by atoms with Gasteiger partial charge >= 0.3 is 0 Å². The number of hydrogen-bond donors (Lipinski definition) is 1. The van der Waals surface area contributed by atoms with Crippen molar-refractivity contribution in [3.8, 4) is 0 Å². The molecule has 1 aromatic carbocycles. The zero-order valence-electron chi connectivity index (χ0n) is 12.4. The van der Waals surface area contributed by atoms with E-state index in [-0.39, 0.29) is 36.1 Å². The van der Waals surface area contributed by atoms with Crippen LogP contribution in [0.25, 0.3) is 0 Å². The van der Waals surface area contributed by atoms with Crippen LogP contribution < -0.4 is 5.32 Å². The molecule has 120 valence electrons. The minimum absolute atomic E-state index is 0. The van der Waals surface area contributed by atoms with Crippen molar-refractivity contribution in [3.63, 3.8) is 0 Å². The summed E-state index contributed by atoms with van der Waals surface area (Å²) in [6.07, 6.45) is 3.00. The average Bonchev–Trinajstić information content (AvgIpc) is 2.71. The second-order valence-corrected chi connectivity index (χ2v) is 5.85. The molecular weight excluding hydrogens is 306 g/mol. The Hall–Kier alpha value is -1.66. The fraction of sp³-hybridized carbons (Fsp3) is 0.533. The van der Waals surface area contributed by atoms with Gasteiger partial charge in [-0.15, -0.1) is 12.4 Å². The van der Waals surface area contributed by atoms with Crippen LogP contribution in [-0.4, -0.2) is 40.9 Å². The first-order valence-corrected chi connectivity index (χ1v) is 7.36. The van der Waals surface area contributed by atoms with E-state index in [9.17, 15) is 14.9 Å². The summed E-state index contributed by atoms with van der Waals surface area (Å²) in [6, 6.07) is 4.99. The van der Waals surface area contributed by atoms with Crippen LogP contribution in [0.1, 0.15) is 35.2 Å². The van der Waals surface area contributed by atoms with E-state index in [1.807, 2.05) is 11.8 Å². The number of nitrogens with one attached hydrogen (secondary N) is 1. The van der Waals surface area contributed by atoms with Crippen LogP contribution in [0, 0.1) is 17.0 Å². The van der Waals surface area contributed by atoms with Crippen molar-refractivity contribution < 1.29 is 9.72 Å². The maximum absolute atomic E-state index is 12.9. The molecule has 3 rings (SSSR count). The molecule has 2 unspecified atom stereocenters. The minimum atomic E-state index is -0.450. The molecule has 2 saturated heterocycles. The predicted molar refractivity (Wildman–Crippen MR) is 85.5 cm³/mol. The Labute approximate surface area is 135 Å². The fourth-order valence-corrected chi connectivity index (χ4v) is 3.41. The molecule has 7 heteroatoms. The quantitative estimate of drug-likeness (QED) is 0.668. The number of nitro benzene ring substituents is 1. The zero-order valence-corrected chi connectivity index (χ0v) is 13.3. The number of rotatable bonds is 2. The molecule has 2 bridgehead atoms. The number of carbonyl (C=O) groups excluding carboxylic acids is 1. The van der Waals surface area contributed by atoms with Crippen molar-refractivity contribution in [2.24, 2.45) is 0 Å². The molecule has 0 radical (unpaired) electrons. The van der Waals surface area contributed by atoms with E-state index in [0.717, 1.165) is 37.9 Å². The lowest BCUT2D eigenvalue weighted by molar-refractivity contribution is -0.384. The molecule has 1 aromatic rings. The number of amides is 1. The molecule has 0 aromatic heterocycles. The average molecular weight is 326 g/mol. The van der Waals surface area contributed by atoms with Crippen molar-refractivity contribution in [1.29, 1.82) is 0 Å². The summed E-state index contributed by atoms with van der Waals surface area (Å²) in [7, 11) is 0. The van der Waals surface area contributed by atoms with Crippen molar-refractivity contribution in [3.05, 3.63) is 39.4 Å². The van der Waals surface area contributed by atoms with E-state index in [2.05, 4.69) is 5.32 Å². The number of carbonyl (C=O) groups is 1. The molecule has 0 saturated carbocycles. The van der Waals surface area contributed by atoms with Gasteiger partial charge in [-0.25, -0.2) is 0 Å². The van der Waals surface area contributed by atoms with E-state index in [1.54, 1.807) is 6.07 Å². The Kier molecular flexibility index (Phi) is 5.03. The van der Waals surface area contributed by atoms with Gasteiger partial charge in [0.15, 0.2) is 0 Å². The molecule has 6 nitrogen and oxygen atoms in total. The number of nitro groups is 1. The van der Waals surface area contributed by atoms with Crippen LogP contribution in [0.2, 0.25) is 0 Å². The number of fused-ring (bicyclic) bond motifs is 2. The van der Waals surface area contributed by atoms with Crippen LogP contribution in [-0.2, 0) is 0 Å². The van der Waals surface area contributed by atoms with Gasteiger partial charge in [-0.1, -0.05) is 6.07 Å². The third-order valence-corrected chi connectivity index (χ3v) is 4.55. The molecule has 2 atom stereocenters. The highest BCUT2D eigenvalue weighted by atomic mass is 35.5. The van der Waals surface area contributed by atoms with Gasteiger partial charge in [-0.05, 0) is 38.3 Å². The van der Waals surface area contributed by atoms with Gasteiger partial charge in [0.25, 0.3) is 11.6 Å². The molecule has 0 aliphatic carbocycles. The summed E-state index contributed by atoms with van der Waals surface area (Å²) in [6.45, 7) is 3.57. The SMILES string of the molecule is Cc1ccc([N+](=O)[O-])cc1C(=O)N1C2CCNCC1CC2.Cl. The number of benzene rings is 1. The standard InChI is InChI=1S/C15H19N3O3.ClH/c1-10-2-3-12(18(20)21)8-14(10)15(19)17-11-4-5-13(17)9-16-7-6-11;/h2-3,8,11,13,16H,4-7,9H2,1H3;1H. The van der Waals surface area contributed by atoms with E-state index >= 15 is 0 Å². The highest BCUT2D eigenvalue weighted by molar-refractivity contribution is 5.97. The van der Waals surface area contributed by atoms with Gasteiger partial charge < -0.3 is 10.2 Å². The Balaban J connectivity index is 0.00000176. The normalized spacial score (nSPS) is 23.6. The lowest BCUT2D eigenvalue weighted by Crippen LogP contribution is -2.42. The predicted octanol–water partition coefficient (Wildman–Crippen LogP) is 2.29. The molecule has 2 aliphatic heterocycles. The van der Waals surface area contributed by atoms with Crippen molar-refractivity contribution >= 4 is 24.0 Å². The zero-order chi connectivity index (χ0) is 15.0. The fourth-order valence-electron chi connectivity index (χ4n) is 3.41. The maximum atomic E-state index is 12.9. The number of halogens is 1. The topological polar surface area (TPSA) is 75.5 Å². The van der Waals surface area contributed by atoms with Crippen LogP contribution in [0.4, 0.5) is 5.69 Å². The highest BCUT2D eigenvalue weighted by Crippen LogP contribution is 2.31. The van der Waals surface area contributed by atoms with Gasteiger partial charge in [0.1, 0.15) is 0 Å². The summed E-state index contributed by atoms with van der Waals surface area (Å²) in [5.41, 5.74) is 1.23. The second-order valence-electron chi connectivity index (χ2n) is 5.85. The van der Waals surface area contributed by atoms with Gasteiger partial charge in [-0.3, -0.25) is 14.9 Å². The first-order chi connectivity index (χ1) is 10.1. The highest BCUT2D eigenvalue weighted by Gasteiger charge is 2.38. The van der Waals surface area contributed by atoms with E-state index in [1.165, 1.54) is 12.1 Å². The van der Waals surface area contributed by atoms with Crippen molar-refractivity contribution in [2.75, 3.05) is 13.1 Å². The van der Waals surface area contributed by atoms with E-state index < -0.39 is 4.92 Å². The summed E-state index contributed by atoms with van der Waals surface area (Å²) < 4.78 is 0. The molecule has 1 N–H and O–H groups in total. The first-order valence-electron chi connectivity index (χ1n) is 7.36. The number of nitrogens with zero attached hydrogens (tertiary/aromatic N) is 2. The maximum Gasteiger partial charge on any atom is 0.270 e. The number of non-ortho nitro benzene ring substituents is 1. The van der Waals surface area contributed by atoms with E-state index in [4.69, 9.17) is 0 Å². The Morgan fingerprint density at radius 2 is 2.05 bits per heavy atom. The third kappa shape index (κ3) is 2.94. The van der Waals surface area contributed by atoms with Crippen LogP contribution in [0.3, 0.4) is 0 Å². The smallest absolute Gasteiger partial charge is 0.270 e. The minimum Gasteiger partial charge on any atom is -0.331 e. The number of aryl methyl sites for hydroxylation is 1. The van der Waals surface area contributed by atoms with Gasteiger partial charge in [0.05, 0.1) is 4.92 Å². The summed E-state index contributed by atoms with van der Waals surface area (Å²) in [5.74, 6) is -0.0626. The first kappa shape index (κ1) is 16.7. The lowest BCUT2D eigenvalue weighted by Gasteiger charge is -2.28. The Morgan fingerprint density at radius 1 is 1.32 bits per heavy atom. The van der Waals surface area contributed by atoms with Gasteiger partial charge in [0.2, 0.25) is 0 Å². The lowest BCUT2D eigenvalue weighted by atomic mass is 10.1. The Morgan fingerprint density at radius 3 is 2.77 bits per heavy atom. The number of hydrogen-bond acceptors (Lipinski definition) is 4. The summed E-state index contributed by atoms with van der Waals surface area (Å²) in [4.78, 5) is 25.3. The van der Waals surface area contributed by atoms with Gasteiger partial charge in [0, 0.05) is 36.3 Å². The Bertz CT molecular complexity index is 579. The summed E-state index contributed by atoms with van der Waals surface area (Å²) in [5, 5.41) is 14.3. The molecule has 2 aliphatic rings. The van der Waals surface area contributed by atoms with E-state index in [0.29, 0.717) is 5.56 Å². The molecule has 2 heterocycles. The largest absolute Gasteiger partial charge is 0.331 e. The molecule has 22 heavy (non-hydrogen) atoms. The second kappa shape index (κ2) is 6.62. The van der Waals surface area contributed by atoms with Gasteiger partial charge in [-0.2, -0.15) is 0 Å². The van der Waals surface area contributed by atoms with Crippen molar-refractivity contribution in [2.45, 2.75) is 38.3 Å². The molecular formula is C15H20ClN3O3. The van der Waals surface area contributed by atoms with Crippen LogP contribution >= 0.6 is 12.4 Å². The van der Waals surface area contributed by atoms with Crippen LogP contribution in [0.5, 0.6) is 0 Å². The third-order valence-electron chi connectivity index (χ3n) is 4.55. The molecule has 2 fully saturated rings. The molecule has 0 spiro atoms. The van der Waals surface area contributed by atoms with Crippen molar-refractivity contribution in [1.82, 2.24) is 10.2 Å². The monoisotopic (exact) mass is 325 g/mol. The van der Waals surface area contributed by atoms with Crippen LogP contribution in [0.15, 0.2) is 18.2 Å². The summed E-state index contributed by atoms with van der Waals surface area (Å²) >= 11 is 0. The molecule has 1 amide bonds.